The maximum absolute atomic E-state index is 11.1. The van der Waals surface area contributed by atoms with Gasteiger partial charge in [0.05, 0.1) is 22.9 Å². The summed E-state index contributed by atoms with van der Waals surface area (Å²) < 4.78 is 1.66. The highest BCUT2D eigenvalue weighted by Gasteiger charge is 2.17. The summed E-state index contributed by atoms with van der Waals surface area (Å²) in [6.45, 7) is 0.865. The molecule has 0 atom stereocenters. The van der Waals surface area contributed by atoms with Crippen LogP contribution in [0.3, 0.4) is 0 Å². The topological polar surface area (TPSA) is 152 Å². The number of aromatic nitrogens is 5. The molecule has 15 heteroatoms. The molecule has 4 rings (SSSR count). The number of hydrogen-bond donors (Lipinski definition) is 2. The molecule has 0 aliphatic carbocycles. The lowest BCUT2D eigenvalue weighted by atomic mass is 10.2. The van der Waals surface area contributed by atoms with Gasteiger partial charge in [0.15, 0.2) is 11.6 Å². The Labute approximate surface area is 238 Å². The molecule has 3 heterocycles. The minimum atomic E-state index is -0.425. The van der Waals surface area contributed by atoms with E-state index in [4.69, 9.17) is 11.5 Å². The molecule has 4 N–H and O–H groups in total. The predicted octanol–water partition coefficient (Wildman–Crippen LogP) is 4.39. The van der Waals surface area contributed by atoms with Crippen molar-refractivity contribution < 1.29 is 4.92 Å². The van der Waals surface area contributed by atoms with E-state index in [-0.39, 0.29) is 74.3 Å². The summed E-state index contributed by atoms with van der Waals surface area (Å²) in [5, 5.41) is 15.8. The third-order valence-electron chi connectivity index (χ3n) is 4.62. The standard InChI is InChI=1S/C21H20N8O2.5ClH/c22-11-15-5-2-8-18(24-15)20-26-21(19-9-3-6-16(12-23)25-19)28(27-20)13-14-4-1-7-17(10-14)29(30)31;;;;;/h1-10H,11-13,22-23H2;5*1H. The number of nitro groups is 1. The van der Waals surface area contributed by atoms with E-state index in [1.165, 1.54) is 12.1 Å². The van der Waals surface area contributed by atoms with Crippen LogP contribution in [0.1, 0.15) is 17.0 Å². The number of halogens is 5. The molecule has 0 aliphatic rings. The SMILES string of the molecule is Cl.Cl.Cl.Cl.Cl.NCc1cccc(-c2nc(-c3cccc(CN)n3)n(Cc3cccc([N+](=O)[O-])c3)n2)n1. The summed E-state index contributed by atoms with van der Waals surface area (Å²) in [4.78, 5) is 24.4. The molecule has 1 aromatic carbocycles. The van der Waals surface area contributed by atoms with Crippen molar-refractivity contribution in [1.29, 1.82) is 0 Å². The predicted molar refractivity (Wildman–Crippen MR) is 151 cm³/mol. The van der Waals surface area contributed by atoms with Crippen LogP contribution >= 0.6 is 62.0 Å². The molecule has 0 saturated heterocycles. The van der Waals surface area contributed by atoms with Crippen molar-refractivity contribution in [3.05, 3.63) is 87.7 Å². The summed E-state index contributed by atoms with van der Waals surface area (Å²) in [6.07, 6.45) is 0. The first-order valence-corrected chi connectivity index (χ1v) is 9.58. The van der Waals surface area contributed by atoms with Crippen molar-refractivity contribution >= 4 is 67.7 Å². The molecule has 0 radical (unpaired) electrons. The van der Waals surface area contributed by atoms with Crippen LogP contribution in [0.15, 0.2) is 60.7 Å². The summed E-state index contributed by atoms with van der Waals surface area (Å²) in [6, 6.07) is 17.4. The zero-order valence-electron chi connectivity index (χ0n) is 18.6. The molecular formula is C21H25Cl5N8O2. The van der Waals surface area contributed by atoms with Gasteiger partial charge in [0.25, 0.3) is 5.69 Å². The first kappa shape index (κ1) is 35.6. The van der Waals surface area contributed by atoms with Crippen molar-refractivity contribution in [2.24, 2.45) is 11.5 Å². The molecule has 0 saturated carbocycles. The van der Waals surface area contributed by atoms with E-state index in [0.29, 0.717) is 47.4 Å². The molecule has 0 spiro atoms. The van der Waals surface area contributed by atoms with E-state index in [0.717, 1.165) is 5.69 Å². The molecule has 3 aromatic heterocycles. The Morgan fingerprint density at radius 2 is 1.33 bits per heavy atom. The van der Waals surface area contributed by atoms with Gasteiger partial charge in [-0.1, -0.05) is 24.3 Å². The Morgan fingerprint density at radius 3 is 1.92 bits per heavy atom. The van der Waals surface area contributed by atoms with E-state index in [1.54, 1.807) is 22.9 Å². The molecule has 0 bridgehead atoms. The number of nitrogens with zero attached hydrogens (tertiary/aromatic N) is 6. The van der Waals surface area contributed by atoms with Crippen molar-refractivity contribution in [2.75, 3.05) is 0 Å². The Kier molecular flexibility index (Phi) is 16.0. The van der Waals surface area contributed by atoms with Gasteiger partial charge in [-0.05, 0) is 29.8 Å². The Balaban J connectivity index is 0. The van der Waals surface area contributed by atoms with Crippen LogP contribution in [0.5, 0.6) is 0 Å². The Morgan fingerprint density at radius 1 is 0.778 bits per heavy atom. The van der Waals surface area contributed by atoms with Crippen LogP contribution in [-0.4, -0.2) is 29.7 Å². The molecule has 196 valence electrons. The number of benzene rings is 1. The van der Waals surface area contributed by atoms with Crippen LogP contribution in [0.25, 0.3) is 23.0 Å². The van der Waals surface area contributed by atoms with Gasteiger partial charge in [-0.2, -0.15) is 0 Å². The molecule has 0 unspecified atom stereocenters. The van der Waals surface area contributed by atoms with E-state index in [9.17, 15) is 10.1 Å². The lowest BCUT2D eigenvalue weighted by Crippen LogP contribution is -2.07. The molecule has 4 aromatic rings. The Bertz CT molecular complexity index is 1260. The zero-order valence-corrected chi connectivity index (χ0v) is 22.7. The van der Waals surface area contributed by atoms with E-state index in [1.807, 2.05) is 30.3 Å². The van der Waals surface area contributed by atoms with Crippen LogP contribution < -0.4 is 11.5 Å². The van der Waals surface area contributed by atoms with Crippen LogP contribution in [-0.2, 0) is 19.6 Å². The second-order valence-electron chi connectivity index (χ2n) is 6.78. The summed E-state index contributed by atoms with van der Waals surface area (Å²) in [5.74, 6) is 0.924. The molecule has 0 fully saturated rings. The second-order valence-corrected chi connectivity index (χ2v) is 6.78. The fraction of sp³-hybridized carbons (Fsp3) is 0.143. The number of rotatable bonds is 7. The monoisotopic (exact) mass is 596 g/mol. The third kappa shape index (κ3) is 8.24. The molecular weight excluding hydrogens is 574 g/mol. The van der Waals surface area contributed by atoms with Crippen LogP contribution in [0.2, 0.25) is 0 Å². The fourth-order valence-corrected chi connectivity index (χ4v) is 3.13. The van der Waals surface area contributed by atoms with Crippen molar-refractivity contribution in [3.8, 4) is 23.0 Å². The van der Waals surface area contributed by atoms with E-state index >= 15 is 0 Å². The van der Waals surface area contributed by atoms with Gasteiger partial charge in [0.2, 0.25) is 0 Å². The average Bonchev–Trinajstić information content (AvgIpc) is 3.23. The highest BCUT2D eigenvalue weighted by Crippen LogP contribution is 2.23. The van der Waals surface area contributed by atoms with E-state index in [2.05, 4.69) is 20.1 Å². The van der Waals surface area contributed by atoms with Gasteiger partial charge in [0.1, 0.15) is 11.4 Å². The highest BCUT2D eigenvalue weighted by atomic mass is 35.5. The van der Waals surface area contributed by atoms with Gasteiger partial charge in [-0.25, -0.2) is 19.6 Å². The van der Waals surface area contributed by atoms with Gasteiger partial charge >= 0.3 is 0 Å². The van der Waals surface area contributed by atoms with Crippen LogP contribution in [0.4, 0.5) is 5.69 Å². The maximum Gasteiger partial charge on any atom is 0.269 e. The largest absolute Gasteiger partial charge is 0.325 e. The highest BCUT2D eigenvalue weighted by molar-refractivity contribution is 5.86. The summed E-state index contributed by atoms with van der Waals surface area (Å²) in [5.41, 5.74) is 14.8. The van der Waals surface area contributed by atoms with Crippen molar-refractivity contribution in [3.63, 3.8) is 0 Å². The summed E-state index contributed by atoms with van der Waals surface area (Å²) in [7, 11) is 0. The lowest BCUT2D eigenvalue weighted by Gasteiger charge is -2.07. The maximum atomic E-state index is 11.1. The fourth-order valence-electron chi connectivity index (χ4n) is 3.13. The molecule has 10 nitrogen and oxygen atoms in total. The summed E-state index contributed by atoms with van der Waals surface area (Å²) >= 11 is 0. The van der Waals surface area contributed by atoms with Gasteiger partial charge in [-0.15, -0.1) is 67.1 Å². The number of nitro benzene ring substituents is 1. The van der Waals surface area contributed by atoms with Gasteiger partial charge in [0, 0.05) is 25.2 Å². The first-order chi connectivity index (χ1) is 15.1. The van der Waals surface area contributed by atoms with Gasteiger partial charge in [-0.3, -0.25) is 10.1 Å². The average molecular weight is 599 g/mol. The minimum Gasteiger partial charge on any atom is -0.325 e. The quantitative estimate of drug-likeness (QED) is 0.235. The molecule has 0 aliphatic heterocycles. The third-order valence-corrected chi connectivity index (χ3v) is 4.62. The van der Waals surface area contributed by atoms with Crippen LogP contribution in [0, 0.1) is 10.1 Å². The second kappa shape index (κ2) is 16.2. The number of nitrogens with two attached hydrogens (primary N) is 2. The van der Waals surface area contributed by atoms with E-state index < -0.39 is 4.92 Å². The van der Waals surface area contributed by atoms with Crippen molar-refractivity contribution in [1.82, 2.24) is 24.7 Å². The normalized spacial score (nSPS) is 9.39. The lowest BCUT2D eigenvalue weighted by molar-refractivity contribution is -0.384. The number of non-ortho nitro benzene ring substituents is 1. The van der Waals surface area contributed by atoms with Crippen molar-refractivity contribution in [2.45, 2.75) is 19.6 Å². The molecule has 36 heavy (non-hydrogen) atoms. The van der Waals surface area contributed by atoms with Gasteiger partial charge < -0.3 is 11.5 Å². The smallest absolute Gasteiger partial charge is 0.269 e. The minimum absolute atomic E-state index is 0. The number of pyridine rings is 2. The number of hydrogen-bond acceptors (Lipinski definition) is 8. The Hall–Kier alpha value is -2.57. The zero-order chi connectivity index (χ0) is 21.8. The first-order valence-electron chi connectivity index (χ1n) is 9.58. The molecule has 0 amide bonds.